The third-order valence-corrected chi connectivity index (χ3v) is 7.04. The average molecular weight is 448 g/mol. The fraction of sp³-hybridized carbons (Fsp3) is 0.900. The van der Waals surface area contributed by atoms with Crippen LogP contribution in [0.25, 0.3) is 0 Å². The Kier molecular flexibility index (Phi) is 21.4. The fourth-order valence-corrected chi connectivity index (χ4v) is 4.80. The van der Waals surface area contributed by atoms with Crippen molar-refractivity contribution in [3.05, 3.63) is 18.7 Å². The Morgan fingerprint density at radius 3 is 1.28 bits per heavy atom. The zero-order chi connectivity index (χ0) is 23.0. The zero-order valence-corrected chi connectivity index (χ0v) is 22.3. The van der Waals surface area contributed by atoms with Crippen LogP contribution in [0.4, 0.5) is 0 Å². The number of hydrogen-bond donors (Lipinski definition) is 0. The first kappa shape index (κ1) is 29.2. The van der Waals surface area contributed by atoms with E-state index in [4.69, 9.17) is 0 Å². The number of hydrogen-bond acceptors (Lipinski definition) is 0. The SMILES string of the molecule is CCCCCCCCCCCCCCCCC[n+]1ccn(CCCCCCCCCC)c1. The molecule has 0 aliphatic carbocycles. The predicted octanol–water partition coefficient (Wildman–Crippen LogP) is 9.79. The van der Waals surface area contributed by atoms with Crippen molar-refractivity contribution in [2.24, 2.45) is 0 Å². The van der Waals surface area contributed by atoms with E-state index in [0.717, 1.165) is 0 Å². The van der Waals surface area contributed by atoms with Crippen LogP contribution in [0.1, 0.15) is 162 Å². The maximum absolute atomic E-state index is 2.40. The number of aromatic nitrogens is 2. The van der Waals surface area contributed by atoms with Gasteiger partial charge < -0.3 is 0 Å². The molecule has 0 N–H and O–H groups in total. The van der Waals surface area contributed by atoms with Crippen molar-refractivity contribution >= 4 is 0 Å². The lowest BCUT2D eigenvalue weighted by atomic mass is 10.0. The molecule has 2 nitrogen and oxygen atoms in total. The van der Waals surface area contributed by atoms with E-state index < -0.39 is 0 Å². The van der Waals surface area contributed by atoms with E-state index in [-0.39, 0.29) is 0 Å². The second-order valence-corrected chi connectivity index (χ2v) is 10.3. The molecule has 1 rings (SSSR count). The third kappa shape index (κ3) is 18.8. The molecule has 0 saturated carbocycles. The molecule has 0 amide bonds. The molecule has 2 heteroatoms. The minimum atomic E-state index is 1.20. The van der Waals surface area contributed by atoms with Crippen molar-refractivity contribution < 1.29 is 4.57 Å². The molecule has 0 radical (unpaired) electrons. The minimum Gasteiger partial charge on any atom is -0.237 e. The topological polar surface area (TPSA) is 8.81 Å². The highest BCUT2D eigenvalue weighted by molar-refractivity contribution is 4.66. The Balaban J connectivity index is 1.82. The number of unbranched alkanes of at least 4 members (excludes halogenated alkanes) is 21. The van der Waals surface area contributed by atoms with E-state index in [0.29, 0.717) is 0 Å². The van der Waals surface area contributed by atoms with E-state index in [1.165, 1.54) is 161 Å². The molecule has 0 aliphatic heterocycles. The molecule has 0 aliphatic rings. The Labute approximate surface area is 202 Å². The molecule has 1 heterocycles. The number of imidazole rings is 1. The molecule has 0 saturated heterocycles. The molecule has 1 aromatic rings. The van der Waals surface area contributed by atoms with Crippen LogP contribution in [-0.2, 0) is 13.1 Å². The molecule has 0 spiro atoms. The van der Waals surface area contributed by atoms with Gasteiger partial charge in [0, 0.05) is 0 Å². The van der Waals surface area contributed by atoms with Crippen LogP contribution in [0.5, 0.6) is 0 Å². The maximum Gasteiger partial charge on any atom is 0.243 e. The first-order chi connectivity index (χ1) is 15.9. The first-order valence-electron chi connectivity index (χ1n) is 14.9. The summed E-state index contributed by atoms with van der Waals surface area (Å²) in [6, 6.07) is 0. The summed E-state index contributed by atoms with van der Waals surface area (Å²) in [5.41, 5.74) is 0. The van der Waals surface area contributed by atoms with Gasteiger partial charge in [-0.2, -0.15) is 0 Å². The molecular weight excluding hydrogens is 388 g/mol. The van der Waals surface area contributed by atoms with E-state index in [2.05, 4.69) is 41.7 Å². The summed E-state index contributed by atoms with van der Waals surface area (Å²) in [6.07, 6.45) is 39.7. The van der Waals surface area contributed by atoms with Crippen LogP contribution in [0, 0.1) is 0 Å². The van der Waals surface area contributed by atoms with Gasteiger partial charge in [0.15, 0.2) is 0 Å². The lowest BCUT2D eigenvalue weighted by molar-refractivity contribution is -0.696. The van der Waals surface area contributed by atoms with Crippen molar-refractivity contribution in [3.63, 3.8) is 0 Å². The Morgan fingerprint density at radius 2 is 0.844 bits per heavy atom. The molecular formula is C30H59N2+. The van der Waals surface area contributed by atoms with Gasteiger partial charge in [-0.1, -0.05) is 136 Å². The van der Waals surface area contributed by atoms with E-state index >= 15 is 0 Å². The van der Waals surface area contributed by atoms with E-state index in [9.17, 15) is 0 Å². The number of rotatable bonds is 25. The predicted molar refractivity (Wildman–Crippen MR) is 142 cm³/mol. The highest BCUT2D eigenvalue weighted by atomic mass is 15.1. The van der Waals surface area contributed by atoms with Gasteiger partial charge in [-0.3, -0.25) is 0 Å². The van der Waals surface area contributed by atoms with E-state index in [1.807, 2.05) is 0 Å². The summed E-state index contributed by atoms with van der Waals surface area (Å²) < 4.78 is 4.79. The lowest BCUT2D eigenvalue weighted by Crippen LogP contribution is -2.30. The maximum atomic E-state index is 2.40. The van der Waals surface area contributed by atoms with Crippen molar-refractivity contribution in [2.75, 3.05) is 0 Å². The molecule has 0 bridgehead atoms. The Bertz CT molecular complexity index is 479. The van der Waals surface area contributed by atoms with Gasteiger partial charge in [-0.05, 0) is 25.7 Å². The van der Waals surface area contributed by atoms with Crippen LogP contribution in [0.3, 0.4) is 0 Å². The summed E-state index contributed by atoms with van der Waals surface area (Å²) >= 11 is 0. The van der Waals surface area contributed by atoms with Gasteiger partial charge in [0.25, 0.3) is 0 Å². The zero-order valence-electron chi connectivity index (χ0n) is 22.3. The third-order valence-electron chi connectivity index (χ3n) is 7.04. The molecule has 188 valence electrons. The monoisotopic (exact) mass is 447 g/mol. The van der Waals surface area contributed by atoms with Crippen molar-refractivity contribution in [3.8, 4) is 0 Å². The summed E-state index contributed by atoms with van der Waals surface area (Å²) in [5, 5.41) is 0. The van der Waals surface area contributed by atoms with Crippen LogP contribution in [0.2, 0.25) is 0 Å². The van der Waals surface area contributed by atoms with Crippen LogP contribution >= 0.6 is 0 Å². The standard InChI is InChI=1S/C30H59N2/c1-3-5-7-9-11-13-14-15-16-17-18-19-21-23-25-27-32-29-28-31(30-32)26-24-22-20-12-10-8-6-4-2/h28-30H,3-27H2,1-2H3/q+1. The lowest BCUT2D eigenvalue weighted by Gasteiger charge is -2.03. The van der Waals surface area contributed by atoms with Crippen molar-refractivity contribution in [1.29, 1.82) is 0 Å². The van der Waals surface area contributed by atoms with Crippen molar-refractivity contribution in [2.45, 2.75) is 175 Å². The normalized spacial score (nSPS) is 11.4. The summed E-state index contributed by atoms with van der Waals surface area (Å²) in [6.45, 7) is 6.99. The summed E-state index contributed by atoms with van der Waals surface area (Å²) in [4.78, 5) is 0. The minimum absolute atomic E-state index is 1.20. The van der Waals surface area contributed by atoms with Crippen molar-refractivity contribution in [1.82, 2.24) is 4.57 Å². The molecule has 1 aromatic heterocycles. The quantitative estimate of drug-likeness (QED) is 0.104. The molecule has 0 aromatic carbocycles. The van der Waals surface area contributed by atoms with Gasteiger partial charge in [-0.15, -0.1) is 0 Å². The largest absolute Gasteiger partial charge is 0.243 e. The molecule has 0 fully saturated rings. The van der Waals surface area contributed by atoms with Crippen LogP contribution in [0.15, 0.2) is 18.7 Å². The smallest absolute Gasteiger partial charge is 0.237 e. The van der Waals surface area contributed by atoms with Crippen LogP contribution in [-0.4, -0.2) is 4.57 Å². The second kappa shape index (κ2) is 23.4. The molecule has 0 atom stereocenters. The number of aryl methyl sites for hydroxylation is 2. The first-order valence-corrected chi connectivity index (χ1v) is 14.9. The van der Waals surface area contributed by atoms with Gasteiger partial charge in [0.1, 0.15) is 12.4 Å². The number of nitrogens with zero attached hydrogens (tertiary/aromatic N) is 2. The average Bonchev–Trinajstić information content (AvgIpc) is 3.26. The fourth-order valence-electron chi connectivity index (χ4n) is 4.80. The van der Waals surface area contributed by atoms with Gasteiger partial charge in [0.05, 0.1) is 13.1 Å². The summed E-state index contributed by atoms with van der Waals surface area (Å²) in [5.74, 6) is 0. The molecule has 0 unspecified atom stereocenters. The van der Waals surface area contributed by atoms with E-state index in [1.54, 1.807) is 0 Å². The Hall–Kier alpha value is -0.790. The highest BCUT2D eigenvalue weighted by Gasteiger charge is 2.03. The summed E-state index contributed by atoms with van der Waals surface area (Å²) in [7, 11) is 0. The van der Waals surface area contributed by atoms with Gasteiger partial charge in [0.2, 0.25) is 6.33 Å². The Morgan fingerprint density at radius 1 is 0.469 bits per heavy atom. The van der Waals surface area contributed by atoms with Gasteiger partial charge >= 0.3 is 0 Å². The second-order valence-electron chi connectivity index (χ2n) is 10.3. The van der Waals surface area contributed by atoms with Gasteiger partial charge in [-0.25, -0.2) is 9.13 Å². The van der Waals surface area contributed by atoms with Crippen LogP contribution < -0.4 is 4.57 Å². The molecule has 32 heavy (non-hydrogen) atoms. The highest BCUT2D eigenvalue weighted by Crippen LogP contribution is 2.13.